The van der Waals surface area contributed by atoms with Gasteiger partial charge < -0.3 is 10.6 Å². The standard InChI is InChI=1S/C26H25N5O/c1-17(2)19-6-4-7-21(14-19)30-26(32)20-10-9-18(3)24(15-20)31-25-22(8-5-12-28-25)23-11-13-27-16-29-23/h4-17H,1-3H3,(H,28,31)(H,30,32). The molecule has 0 fully saturated rings. The minimum atomic E-state index is -0.161. The zero-order valence-electron chi connectivity index (χ0n) is 18.3. The van der Waals surface area contributed by atoms with Crippen LogP contribution in [-0.2, 0) is 0 Å². The number of aryl methyl sites for hydroxylation is 1. The largest absolute Gasteiger partial charge is 0.339 e. The third-order valence-corrected chi connectivity index (χ3v) is 5.23. The number of aromatic nitrogens is 3. The van der Waals surface area contributed by atoms with E-state index in [9.17, 15) is 4.79 Å². The van der Waals surface area contributed by atoms with Gasteiger partial charge in [-0.1, -0.05) is 32.0 Å². The van der Waals surface area contributed by atoms with Crippen molar-refractivity contribution in [2.45, 2.75) is 26.7 Å². The maximum atomic E-state index is 12.9. The Bertz CT molecular complexity index is 1240. The summed E-state index contributed by atoms with van der Waals surface area (Å²) in [6, 6.07) is 19.2. The Labute approximate surface area is 187 Å². The molecule has 0 saturated heterocycles. The van der Waals surface area contributed by atoms with Crippen molar-refractivity contribution in [2.75, 3.05) is 10.6 Å². The van der Waals surface area contributed by atoms with Crippen molar-refractivity contribution in [1.29, 1.82) is 0 Å². The highest BCUT2D eigenvalue weighted by Gasteiger charge is 2.12. The summed E-state index contributed by atoms with van der Waals surface area (Å²) in [5, 5.41) is 6.37. The maximum absolute atomic E-state index is 12.9. The number of hydrogen-bond donors (Lipinski definition) is 2. The number of pyridine rings is 1. The van der Waals surface area contributed by atoms with Crippen molar-refractivity contribution in [2.24, 2.45) is 0 Å². The first-order valence-electron chi connectivity index (χ1n) is 10.5. The zero-order valence-corrected chi connectivity index (χ0v) is 18.3. The van der Waals surface area contributed by atoms with E-state index in [2.05, 4.69) is 45.5 Å². The summed E-state index contributed by atoms with van der Waals surface area (Å²) in [5.41, 5.74) is 5.97. The molecule has 32 heavy (non-hydrogen) atoms. The number of benzene rings is 2. The molecule has 0 saturated carbocycles. The fourth-order valence-corrected chi connectivity index (χ4v) is 3.37. The second-order valence-corrected chi connectivity index (χ2v) is 7.88. The number of carbonyl (C=O) groups is 1. The number of rotatable bonds is 6. The average Bonchev–Trinajstić information content (AvgIpc) is 2.81. The molecule has 0 aliphatic heterocycles. The van der Waals surface area contributed by atoms with E-state index in [1.807, 2.05) is 61.5 Å². The second kappa shape index (κ2) is 9.39. The Morgan fingerprint density at radius 3 is 2.59 bits per heavy atom. The molecule has 2 aromatic carbocycles. The van der Waals surface area contributed by atoms with Crippen molar-refractivity contribution in [3.63, 3.8) is 0 Å². The predicted molar refractivity (Wildman–Crippen MR) is 128 cm³/mol. The molecule has 0 aliphatic carbocycles. The number of amides is 1. The molecule has 2 heterocycles. The molecule has 0 spiro atoms. The van der Waals surface area contributed by atoms with E-state index in [1.165, 1.54) is 11.9 Å². The summed E-state index contributed by atoms with van der Waals surface area (Å²) < 4.78 is 0. The topological polar surface area (TPSA) is 79.8 Å². The summed E-state index contributed by atoms with van der Waals surface area (Å²) in [4.78, 5) is 25.7. The molecule has 6 heteroatoms. The summed E-state index contributed by atoms with van der Waals surface area (Å²) in [7, 11) is 0. The Hall–Kier alpha value is -4.06. The van der Waals surface area contributed by atoms with E-state index in [4.69, 9.17) is 0 Å². The van der Waals surface area contributed by atoms with E-state index in [-0.39, 0.29) is 5.91 Å². The molecule has 0 aliphatic rings. The lowest BCUT2D eigenvalue weighted by atomic mass is 10.0. The van der Waals surface area contributed by atoms with Crippen LogP contribution in [0.2, 0.25) is 0 Å². The third-order valence-electron chi connectivity index (χ3n) is 5.23. The number of nitrogens with one attached hydrogen (secondary N) is 2. The zero-order chi connectivity index (χ0) is 22.5. The van der Waals surface area contributed by atoms with Gasteiger partial charge in [-0.25, -0.2) is 15.0 Å². The number of hydrogen-bond acceptors (Lipinski definition) is 5. The summed E-state index contributed by atoms with van der Waals surface area (Å²) in [5.74, 6) is 0.895. The van der Waals surface area contributed by atoms with Gasteiger partial charge in [0, 0.05) is 34.9 Å². The van der Waals surface area contributed by atoms with Gasteiger partial charge in [-0.2, -0.15) is 0 Å². The van der Waals surface area contributed by atoms with Gasteiger partial charge >= 0.3 is 0 Å². The first-order valence-corrected chi connectivity index (χ1v) is 10.5. The van der Waals surface area contributed by atoms with Crippen molar-refractivity contribution >= 4 is 23.1 Å². The highest BCUT2D eigenvalue weighted by atomic mass is 16.1. The summed E-state index contributed by atoms with van der Waals surface area (Å²) in [6.45, 7) is 6.25. The Morgan fingerprint density at radius 1 is 0.938 bits per heavy atom. The molecule has 0 unspecified atom stereocenters. The molecular formula is C26H25N5O. The van der Waals surface area contributed by atoms with Crippen LogP contribution in [0.15, 0.2) is 79.4 Å². The van der Waals surface area contributed by atoms with Gasteiger partial charge in [0.15, 0.2) is 0 Å². The average molecular weight is 424 g/mol. The van der Waals surface area contributed by atoms with Gasteiger partial charge in [0.05, 0.1) is 5.69 Å². The monoisotopic (exact) mass is 423 g/mol. The highest BCUT2D eigenvalue weighted by Crippen LogP contribution is 2.29. The Balaban J connectivity index is 1.59. The highest BCUT2D eigenvalue weighted by molar-refractivity contribution is 6.05. The molecule has 0 atom stereocenters. The first kappa shape index (κ1) is 21.2. The van der Waals surface area contributed by atoms with Crippen molar-refractivity contribution < 1.29 is 4.79 Å². The first-order chi connectivity index (χ1) is 15.5. The van der Waals surface area contributed by atoms with Gasteiger partial charge in [-0.05, 0) is 66.4 Å². The van der Waals surface area contributed by atoms with Crippen LogP contribution in [0.4, 0.5) is 17.2 Å². The smallest absolute Gasteiger partial charge is 0.255 e. The molecule has 0 radical (unpaired) electrons. The molecule has 4 aromatic rings. The molecule has 2 N–H and O–H groups in total. The van der Waals surface area contributed by atoms with Crippen LogP contribution in [0.1, 0.15) is 41.3 Å². The summed E-state index contributed by atoms with van der Waals surface area (Å²) >= 11 is 0. The van der Waals surface area contributed by atoms with Crippen LogP contribution in [0.5, 0.6) is 0 Å². The Morgan fingerprint density at radius 2 is 1.81 bits per heavy atom. The van der Waals surface area contributed by atoms with Crippen LogP contribution < -0.4 is 10.6 Å². The van der Waals surface area contributed by atoms with Crippen LogP contribution in [0, 0.1) is 6.92 Å². The van der Waals surface area contributed by atoms with Crippen molar-refractivity contribution in [1.82, 2.24) is 15.0 Å². The lowest BCUT2D eigenvalue weighted by molar-refractivity contribution is 0.102. The lowest BCUT2D eigenvalue weighted by Gasteiger charge is -2.14. The number of carbonyl (C=O) groups excluding carboxylic acids is 1. The van der Waals surface area contributed by atoms with Gasteiger partial charge in [0.2, 0.25) is 0 Å². The Kier molecular flexibility index (Phi) is 6.22. The lowest BCUT2D eigenvalue weighted by Crippen LogP contribution is -2.12. The molecular weight excluding hydrogens is 398 g/mol. The molecule has 2 aromatic heterocycles. The van der Waals surface area contributed by atoms with Crippen LogP contribution in [0.3, 0.4) is 0 Å². The van der Waals surface area contributed by atoms with E-state index in [0.717, 1.165) is 28.2 Å². The third kappa shape index (κ3) is 4.81. The fraction of sp³-hybridized carbons (Fsp3) is 0.154. The molecule has 6 nitrogen and oxygen atoms in total. The molecule has 1 amide bonds. The normalized spacial score (nSPS) is 10.8. The van der Waals surface area contributed by atoms with E-state index < -0.39 is 0 Å². The van der Waals surface area contributed by atoms with Gasteiger partial charge in [0.1, 0.15) is 12.1 Å². The minimum Gasteiger partial charge on any atom is -0.339 e. The fourth-order valence-electron chi connectivity index (χ4n) is 3.37. The number of nitrogens with zero attached hydrogens (tertiary/aromatic N) is 3. The van der Waals surface area contributed by atoms with Gasteiger partial charge in [-0.15, -0.1) is 0 Å². The van der Waals surface area contributed by atoms with Gasteiger partial charge in [0.25, 0.3) is 5.91 Å². The predicted octanol–water partition coefficient (Wildman–Crippen LogP) is 5.97. The quantitative estimate of drug-likeness (QED) is 0.400. The maximum Gasteiger partial charge on any atom is 0.255 e. The van der Waals surface area contributed by atoms with E-state index in [0.29, 0.717) is 17.3 Å². The number of anilines is 3. The summed E-state index contributed by atoms with van der Waals surface area (Å²) in [6.07, 6.45) is 4.93. The second-order valence-electron chi connectivity index (χ2n) is 7.88. The van der Waals surface area contributed by atoms with Gasteiger partial charge in [-0.3, -0.25) is 4.79 Å². The van der Waals surface area contributed by atoms with Crippen LogP contribution in [-0.4, -0.2) is 20.9 Å². The van der Waals surface area contributed by atoms with Crippen molar-refractivity contribution in [3.05, 3.63) is 96.1 Å². The van der Waals surface area contributed by atoms with E-state index >= 15 is 0 Å². The van der Waals surface area contributed by atoms with Crippen LogP contribution in [0.25, 0.3) is 11.3 Å². The van der Waals surface area contributed by atoms with E-state index in [1.54, 1.807) is 12.4 Å². The SMILES string of the molecule is Cc1ccc(C(=O)Nc2cccc(C(C)C)c2)cc1Nc1ncccc1-c1ccncn1. The van der Waals surface area contributed by atoms with Crippen LogP contribution >= 0.6 is 0 Å². The molecule has 160 valence electrons. The van der Waals surface area contributed by atoms with Crippen molar-refractivity contribution in [3.8, 4) is 11.3 Å². The molecule has 4 rings (SSSR count). The minimum absolute atomic E-state index is 0.161. The molecule has 0 bridgehead atoms.